The second-order valence-electron chi connectivity index (χ2n) is 6.31. The van der Waals surface area contributed by atoms with Crippen molar-refractivity contribution in [2.75, 3.05) is 0 Å². The van der Waals surface area contributed by atoms with Crippen LogP contribution in [0.2, 0.25) is 0 Å². The molecule has 4 aromatic rings. The Balaban J connectivity index is 1.50. The summed E-state index contributed by atoms with van der Waals surface area (Å²) in [6.45, 7) is 0.490. The van der Waals surface area contributed by atoms with Gasteiger partial charge in [-0.25, -0.2) is 9.78 Å². The first-order valence-electron chi connectivity index (χ1n) is 8.97. The van der Waals surface area contributed by atoms with Gasteiger partial charge in [-0.15, -0.1) is 0 Å². The van der Waals surface area contributed by atoms with E-state index < -0.39 is 5.97 Å². The van der Waals surface area contributed by atoms with Crippen molar-refractivity contribution >= 4 is 5.97 Å². The highest BCUT2D eigenvalue weighted by Crippen LogP contribution is 2.28. The second kappa shape index (κ2) is 8.41. The Bertz CT molecular complexity index is 1110. The van der Waals surface area contributed by atoms with Crippen molar-refractivity contribution in [3.8, 4) is 28.5 Å². The van der Waals surface area contributed by atoms with Crippen LogP contribution in [-0.4, -0.2) is 11.0 Å². The average molecular weight is 386 g/mol. The van der Waals surface area contributed by atoms with Crippen LogP contribution < -0.4 is 10.6 Å². The standard InChI is InChI=1S/C23H18N2O4/c24-29-23(26)18-11-9-17(10-12-18)22-25-14-21(28-22)19-7-4-8-20(13-19)27-15-16-5-2-1-3-6-16/h1-14H,15,24H2. The molecule has 0 fully saturated rings. The predicted molar refractivity (Wildman–Crippen MR) is 108 cm³/mol. The van der Waals surface area contributed by atoms with Crippen molar-refractivity contribution in [1.29, 1.82) is 0 Å². The highest BCUT2D eigenvalue weighted by Gasteiger charge is 2.11. The molecule has 4 rings (SSSR count). The number of benzene rings is 3. The summed E-state index contributed by atoms with van der Waals surface area (Å²) in [6.07, 6.45) is 1.66. The summed E-state index contributed by atoms with van der Waals surface area (Å²) in [7, 11) is 0. The van der Waals surface area contributed by atoms with Crippen molar-refractivity contribution in [2.24, 2.45) is 5.90 Å². The van der Waals surface area contributed by atoms with Crippen molar-refractivity contribution in [3.05, 3.63) is 96.2 Å². The quantitative estimate of drug-likeness (QED) is 0.487. The topological polar surface area (TPSA) is 87.6 Å². The zero-order valence-electron chi connectivity index (χ0n) is 15.4. The minimum Gasteiger partial charge on any atom is -0.489 e. The van der Waals surface area contributed by atoms with E-state index in [-0.39, 0.29) is 0 Å². The summed E-state index contributed by atoms with van der Waals surface area (Å²) in [5.74, 6) is 6.11. The Morgan fingerprint density at radius 1 is 0.931 bits per heavy atom. The van der Waals surface area contributed by atoms with E-state index in [2.05, 4.69) is 9.82 Å². The maximum absolute atomic E-state index is 11.4. The van der Waals surface area contributed by atoms with Crippen LogP contribution in [0.3, 0.4) is 0 Å². The molecule has 0 aliphatic rings. The van der Waals surface area contributed by atoms with E-state index in [1.54, 1.807) is 30.5 Å². The van der Waals surface area contributed by atoms with Gasteiger partial charge in [-0.05, 0) is 42.0 Å². The summed E-state index contributed by atoms with van der Waals surface area (Å²) in [4.78, 5) is 20.0. The summed E-state index contributed by atoms with van der Waals surface area (Å²) in [6, 6.07) is 24.3. The van der Waals surface area contributed by atoms with Crippen LogP contribution in [-0.2, 0) is 11.4 Å². The smallest absolute Gasteiger partial charge is 0.356 e. The maximum atomic E-state index is 11.4. The molecule has 144 valence electrons. The van der Waals surface area contributed by atoms with Crippen LogP contribution in [0.4, 0.5) is 0 Å². The number of rotatable bonds is 6. The van der Waals surface area contributed by atoms with Gasteiger partial charge in [-0.3, -0.25) is 0 Å². The minimum absolute atomic E-state index is 0.353. The number of nitrogens with zero attached hydrogens (tertiary/aromatic N) is 1. The van der Waals surface area contributed by atoms with E-state index in [0.29, 0.717) is 23.8 Å². The number of carbonyl (C=O) groups is 1. The molecule has 0 saturated carbocycles. The Hall–Kier alpha value is -3.90. The molecular formula is C23H18N2O4. The van der Waals surface area contributed by atoms with Gasteiger partial charge < -0.3 is 14.0 Å². The Labute approximate surface area is 167 Å². The number of hydrogen-bond acceptors (Lipinski definition) is 6. The fourth-order valence-electron chi connectivity index (χ4n) is 2.84. The zero-order valence-corrected chi connectivity index (χ0v) is 15.4. The third-order valence-corrected chi connectivity index (χ3v) is 4.35. The molecule has 0 atom stereocenters. The number of carbonyl (C=O) groups excluding carboxylic acids is 1. The van der Waals surface area contributed by atoms with Crippen LogP contribution in [0.5, 0.6) is 5.75 Å². The van der Waals surface area contributed by atoms with Crippen LogP contribution in [0, 0.1) is 0 Å². The van der Waals surface area contributed by atoms with Gasteiger partial charge in [-0.1, -0.05) is 42.5 Å². The highest BCUT2D eigenvalue weighted by molar-refractivity contribution is 5.89. The lowest BCUT2D eigenvalue weighted by atomic mass is 10.1. The third kappa shape index (κ3) is 4.34. The first-order chi connectivity index (χ1) is 14.2. The van der Waals surface area contributed by atoms with Crippen LogP contribution in [0.25, 0.3) is 22.8 Å². The van der Waals surface area contributed by atoms with Crippen LogP contribution >= 0.6 is 0 Å². The number of aromatic nitrogens is 1. The van der Waals surface area contributed by atoms with E-state index in [4.69, 9.17) is 15.1 Å². The summed E-state index contributed by atoms with van der Waals surface area (Å²) < 4.78 is 11.8. The Morgan fingerprint density at radius 3 is 2.48 bits per heavy atom. The molecule has 1 aromatic heterocycles. The van der Waals surface area contributed by atoms with Crippen molar-refractivity contribution in [2.45, 2.75) is 6.61 Å². The second-order valence-corrected chi connectivity index (χ2v) is 6.31. The van der Waals surface area contributed by atoms with Crippen molar-refractivity contribution in [1.82, 2.24) is 4.98 Å². The van der Waals surface area contributed by atoms with E-state index in [1.165, 1.54) is 0 Å². The maximum Gasteiger partial charge on any atom is 0.356 e. The molecule has 0 unspecified atom stereocenters. The SMILES string of the molecule is NOC(=O)c1ccc(-c2ncc(-c3cccc(OCc4ccccc4)c3)o2)cc1. The predicted octanol–water partition coefficient (Wildman–Crippen LogP) is 4.62. The molecule has 0 amide bonds. The largest absolute Gasteiger partial charge is 0.489 e. The van der Waals surface area contributed by atoms with E-state index in [1.807, 2.05) is 54.6 Å². The Morgan fingerprint density at radius 2 is 1.72 bits per heavy atom. The molecule has 0 aliphatic heterocycles. The lowest BCUT2D eigenvalue weighted by molar-refractivity contribution is 0.0503. The third-order valence-electron chi connectivity index (χ3n) is 4.35. The first-order valence-corrected chi connectivity index (χ1v) is 8.97. The van der Waals surface area contributed by atoms with Gasteiger partial charge >= 0.3 is 5.97 Å². The number of nitrogens with two attached hydrogens (primary N) is 1. The lowest BCUT2D eigenvalue weighted by Crippen LogP contribution is -2.09. The molecule has 1 heterocycles. The molecule has 6 nitrogen and oxygen atoms in total. The van der Waals surface area contributed by atoms with Crippen molar-refractivity contribution in [3.63, 3.8) is 0 Å². The number of hydrogen-bond donors (Lipinski definition) is 1. The molecule has 2 N–H and O–H groups in total. The minimum atomic E-state index is -0.600. The van der Waals surface area contributed by atoms with E-state index in [9.17, 15) is 4.79 Å². The molecule has 0 bridgehead atoms. The first kappa shape index (κ1) is 18.5. The van der Waals surface area contributed by atoms with Crippen LogP contribution in [0.15, 0.2) is 89.5 Å². The molecule has 0 spiro atoms. The molecular weight excluding hydrogens is 368 g/mol. The zero-order chi connectivity index (χ0) is 20.1. The van der Waals surface area contributed by atoms with Gasteiger partial charge in [0.15, 0.2) is 5.76 Å². The summed E-state index contributed by atoms with van der Waals surface area (Å²) >= 11 is 0. The molecule has 6 heteroatoms. The molecule has 0 radical (unpaired) electrons. The highest BCUT2D eigenvalue weighted by atomic mass is 16.7. The van der Waals surface area contributed by atoms with Gasteiger partial charge in [0.2, 0.25) is 5.89 Å². The fourth-order valence-corrected chi connectivity index (χ4v) is 2.84. The normalized spacial score (nSPS) is 10.5. The van der Waals surface area contributed by atoms with E-state index in [0.717, 1.165) is 22.4 Å². The van der Waals surface area contributed by atoms with Gasteiger partial charge in [-0.2, -0.15) is 5.90 Å². The summed E-state index contributed by atoms with van der Waals surface area (Å²) in [5.41, 5.74) is 3.05. The summed E-state index contributed by atoms with van der Waals surface area (Å²) in [5, 5.41) is 0. The van der Waals surface area contributed by atoms with Crippen molar-refractivity contribution < 1.29 is 18.8 Å². The van der Waals surface area contributed by atoms with Gasteiger partial charge in [0.25, 0.3) is 0 Å². The van der Waals surface area contributed by atoms with Crippen LogP contribution in [0.1, 0.15) is 15.9 Å². The average Bonchev–Trinajstić information content (AvgIpc) is 3.29. The van der Waals surface area contributed by atoms with Gasteiger partial charge in [0.1, 0.15) is 12.4 Å². The molecule has 29 heavy (non-hydrogen) atoms. The fraction of sp³-hybridized carbons (Fsp3) is 0.0435. The van der Waals surface area contributed by atoms with E-state index >= 15 is 0 Å². The molecule has 0 aliphatic carbocycles. The monoisotopic (exact) mass is 386 g/mol. The number of oxazole rings is 1. The molecule has 3 aromatic carbocycles. The van der Waals surface area contributed by atoms with Gasteiger partial charge in [0, 0.05) is 11.1 Å². The molecule has 0 saturated heterocycles. The Kier molecular flexibility index (Phi) is 5.36. The lowest BCUT2D eigenvalue weighted by Gasteiger charge is -2.07. The van der Waals surface area contributed by atoms with Gasteiger partial charge in [0.05, 0.1) is 11.8 Å². The number of ether oxygens (including phenoxy) is 1.